The minimum atomic E-state index is -0.533. The van der Waals surface area contributed by atoms with Gasteiger partial charge in [0.05, 0.1) is 0 Å². The number of rotatable bonds is 5. The van der Waals surface area contributed by atoms with Crippen LogP contribution in [0.2, 0.25) is 0 Å². The summed E-state index contributed by atoms with van der Waals surface area (Å²) in [6.07, 6.45) is 0.578. The van der Waals surface area contributed by atoms with E-state index in [-0.39, 0.29) is 18.7 Å². The Labute approximate surface area is 87.9 Å². The molecule has 2 nitrogen and oxygen atoms in total. The molecule has 0 bridgehead atoms. The molecule has 0 aromatic heterocycles. The molecule has 0 spiro atoms. The Balaban J connectivity index is 2.63. The Hall–Kier alpha value is -1.00. The first-order valence-electron chi connectivity index (χ1n) is 4.92. The van der Waals surface area contributed by atoms with Crippen LogP contribution in [0.3, 0.4) is 0 Å². The van der Waals surface area contributed by atoms with Gasteiger partial charge in [0.25, 0.3) is 0 Å². The molecule has 0 aliphatic heterocycles. The van der Waals surface area contributed by atoms with Crippen LogP contribution in [-0.4, -0.2) is 18.3 Å². The summed E-state index contributed by atoms with van der Waals surface area (Å²) in [4.78, 5) is 0. The van der Waals surface area contributed by atoms with Gasteiger partial charge in [-0.1, -0.05) is 6.07 Å². The summed E-state index contributed by atoms with van der Waals surface area (Å²) in [5.41, 5.74) is 0.503. The molecule has 0 radical (unpaired) electrons. The van der Waals surface area contributed by atoms with E-state index in [1.165, 1.54) is 12.1 Å². The maximum Gasteiger partial charge on any atom is 0.133 e. The molecule has 0 atom stereocenters. The van der Waals surface area contributed by atoms with E-state index in [0.717, 1.165) is 0 Å². The molecule has 0 aliphatic rings. The zero-order valence-electron chi connectivity index (χ0n) is 8.69. The van der Waals surface area contributed by atoms with E-state index in [1.54, 1.807) is 6.92 Å². The largest absolute Gasteiger partial charge is 0.396 e. The zero-order valence-corrected chi connectivity index (χ0v) is 8.69. The summed E-state index contributed by atoms with van der Waals surface area (Å²) in [5.74, 6) is -1.03. The summed E-state index contributed by atoms with van der Waals surface area (Å²) in [6, 6.07) is 2.68. The fraction of sp³-hybridized carbons (Fsp3) is 0.455. The van der Waals surface area contributed by atoms with Crippen LogP contribution in [0.15, 0.2) is 12.1 Å². The highest BCUT2D eigenvalue weighted by atomic mass is 19.1. The Morgan fingerprint density at radius 1 is 1.33 bits per heavy atom. The summed E-state index contributed by atoms with van der Waals surface area (Å²) < 4.78 is 26.7. The van der Waals surface area contributed by atoms with Crippen LogP contribution in [0.5, 0.6) is 0 Å². The molecule has 4 heteroatoms. The van der Waals surface area contributed by atoms with Gasteiger partial charge in [-0.3, -0.25) is 0 Å². The van der Waals surface area contributed by atoms with E-state index in [2.05, 4.69) is 5.32 Å². The van der Waals surface area contributed by atoms with Gasteiger partial charge in [-0.05, 0) is 31.5 Å². The van der Waals surface area contributed by atoms with Gasteiger partial charge in [0.1, 0.15) is 11.6 Å². The maximum absolute atomic E-state index is 13.4. The molecule has 0 saturated carbocycles. The number of hydrogen-bond donors (Lipinski definition) is 2. The van der Waals surface area contributed by atoms with Gasteiger partial charge in [-0.15, -0.1) is 0 Å². The summed E-state index contributed by atoms with van der Waals surface area (Å²) >= 11 is 0. The number of aliphatic hydroxyl groups is 1. The van der Waals surface area contributed by atoms with Gasteiger partial charge >= 0.3 is 0 Å². The highest BCUT2D eigenvalue weighted by molar-refractivity contribution is 5.26. The molecular weight excluding hydrogens is 200 g/mol. The van der Waals surface area contributed by atoms with E-state index < -0.39 is 11.6 Å². The van der Waals surface area contributed by atoms with Crippen molar-refractivity contribution in [2.24, 2.45) is 0 Å². The zero-order chi connectivity index (χ0) is 11.3. The monoisotopic (exact) mass is 215 g/mol. The average molecular weight is 215 g/mol. The number of aliphatic hydroxyl groups excluding tert-OH is 1. The Morgan fingerprint density at radius 3 is 2.73 bits per heavy atom. The lowest BCUT2D eigenvalue weighted by atomic mass is 10.1. The van der Waals surface area contributed by atoms with Crippen LogP contribution >= 0.6 is 0 Å². The number of hydrogen-bond acceptors (Lipinski definition) is 2. The molecule has 0 heterocycles. The number of benzene rings is 1. The second kappa shape index (κ2) is 5.78. The van der Waals surface area contributed by atoms with Crippen molar-refractivity contribution in [3.05, 3.63) is 34.9 Å². The van der Waals surface area contributed by atoms with Crippen molar-refractivity contribution in [1.82, 2.24) is 5.32 Å². The second-order valence-corrected chi connectivity index (χ2v) is 3.41. The SMILES string of the molecule is Cc1ccc(F)c(CNCCCO)c1F. The number of nitrogens with one attached hydrogen (secondary N) is 1. The first kappa shape index (κ1) is 12.1. The van der Waals surface area contributed by atoms with Gasteiger partial charge in [-0.2, -0.15) is 0 Å². The third kappa shape index (κ3) is 3.25. The van der Waals surface area contributed by atoms with Crippen LogP contribution in [0.25, 0.3) is 0 Å². The van der Waals surface area contributed by atoms with Crippen molar-refractivity contribution in [2.75, 3.05) is 13.2 Å². The van der Waals surface area contributed by atoms with Gasteiger partial charge in [0.2, 0.25) is 0 Å². The van der Waals surface area contributed by atoms with Crippen molar-refractivity contribution in [2.45, 2.75) is 19.9 Å². The molecule has 1 rings (SSSR count). The van der Waals surface area contributed by atoms with Gasteiger partial charge in [0, 0.05) is 18.7 Å². The molecule has 0 unspecified atom stereocenters. The maximum atomic E-state index is 13.4. The standard InChI is InChI=1S/C11H15F2NO/c1-8-3-4-10(12)9(11(8)13)7-14-5-2-6-15/h3-4,14-15H,2,5-7H2,1H3. The second-order valence-electron chi connectivity index (χ2n) is 3.41. The minimum absolute atomic E-state index is 0.0629. The van der Waals surface area contributed by atoms with Crippen molar-refractivity contribution in [3.8, 4) is 0 Å². The molecule has 84 valence electrons. The Kier molecular flexibility index (Phi) is 4.65. The topological polar surface area (TPSA) is 32.3 Å². The predicted octanol–water partition coefficient (Wildman–Crippen LogP) is 1.75. The first-order chi connectivity index (χ1) is 7.16. The normalized spacial score (nSPS) is 10.7. The van der Waals surface area contributed by atoms with Crippen LogP contribution in [-0.2, 0) is 6.54 Å². The average Bonchev–Trinajstić information content (AvgIpc) is 2.23. The highest BCUT2D eigenvalue weighted by Crippen LogP contribution is 2.15. The lowest BCUT2D eigenvalue weighted by Crippen LogP contribution is -2.18. The lowest BCUT2D eigenvalue weighted by molar-refractivity contribution is 0.285. The minimum Gasteiger partial charge on any atom is -0.396 e. The lowest BCUT2D eigenvalue weighted by Gasteiger charge is -2.08. The predicted molar refractivity (Wildman–Crippen MR) is 54.5 cm³/mol. The third-order valence-corrected chi connectivity index (χ3v) is 2.19. The van der Waals surface area contributed by atoms with Crippen molar-refractivity contribution >= 4 is 0 Å². The van der Waals surface area contributed by atoms with Gasteiger partial charge in [-0.25, -0.2) is 8.78 Å². The first-order valence-corrected chi connectivity index (χ1v) is 4.92. The number of aryl methyl sites for hydroxylation is 1. The molecule has 1 aromatic rings. The van der Waals surface area contributed by atoms with E-state index >= 15 is 0 Å². The van der Waals surface area contributed by atoms with Crippen LogP contribution < -0.4 is 5.32 Å². The van der Waals surface area contributed by atoms with Crippen LogP contribution in [0.4, 0.5) is 8.78 Å². The number of halogens is 2. The fourth-order valence-corrected chi connectivity index (χ4v) is 1.29. The molecule has 0 fully saturated rings. The molecule has 0 saturated heterocycles. The fourth-order valence-electron chi connectivity index (χ4n) is 1.29. The van der Waals surface area contributed by atoms with Crippen LogP contribution in [0.1, 0.15) is 17.5 Å². The molecule has 2 N–H and O–H groups in total. The van der Waals surface area contributed by atoms with Crippen molar-refractivity contribution in [1.29, 1.82) is 0 Å². The molecular formula is C11H15F2NO. The molecule has 15 heavy (non-hydrogen) atoms. The van der Waals surface area contributed by atoms with Crippen LogP contribution in [0, 0.1) is 18.6 Å². The van der Waals surface area contributed by atoms with E-state index in [1.807, 2.05) is 0 Å². The Bertz CT molecular complexity index is 329. The highest BCUT2D eigenvalue weighted by Gasteiger charge is 2.10. The van der Waals surface area contributed by atoms with Crippen molar-refractivity contribution < 1.29 is 13.9 Å². The Morgan fingerprint density at radius 2 is 2.07 bits per heavy atom. The summed E-state index contributed by atoms with van der Waals surface area (Å²) in [5, 5.41) is 11.4. The third-order valence-electron chi connectivity index (χ3n) is 2.19. The molecule has 1 aromatic carbocycles. The van der Waals surface area contributed by atoms with E-state index in [0.29, 0.717) is 18.5 Å². The smallest absolute Gasteiger partial charge is 0.133 e. The van der Waals surface area contributed by atoms with E-state index in [4.69, 9.17) is 5.11 Å². The molecule has 0 aliphatic carbocycles. The summed E-state index contributed by atoms with van der Waals surface area (Å²) in [7, 11) is 0. The van der Waals surface area contributed by atoms with E-state index in [9.17, 15) is 8.78 Å². The van der Waals surface area contributed by atoms with Gasteiger partial charge < -0.3 is 10.4 Å². The molecule has 0 amide bonds. The quantitative estimate of drug-likeness (QED) is 0.733. The van der Waals surface area contributed by atoms with Gasteiger partial charge in [0.15, 0.2) is 0 Å². The summed E-state index contributed by atoms with van der Waals surface area (Å²) in [6.45, 7) is 2.38. The van der Waals surface area contributed by atoms with Crippen molar-refractivity contribution in [3.63, 3.8) is 0 Å².